The van der Waals surface area contributed by atoms with Gasteiger partial charge in [0.05, 0.1) is 11.8 Å². The van der Waals surface area contributed by atoms with Gasteiger partial charge in [0.1, 0.15) is 0 Å². The van der Waals surface area contributed by atoms with E-state index in [1.807, 2.05) is 0 Å². The van der Waals surface area contributed by atoms with E-state index in [9.17, 15) is 4.79 Å². The summed E-state index contributed by atoms with van der Waals surface area (Å²) in [4.78, 5) is 12.1. The van der Waals surface area contributed by atoms with Gasteiger partial charge in [-0.25, -0.2) is 0 Å². The third-order valence-electron chi connectivity index (χ3n) is 2.56. The Balaban J connectivity index is 2.17. The molecule has 1 heterocycles. The maximum Gasteiger partial charge on any atom is 0.227 e. The van der Waals surface area contributed by atoms with Crippen molar-refractivity contribution in [3.63, 3.8) is 0 Å². The largest absolute Gasteiger partial charge is 0.411 e. The Morgan fingerprint density at radius 3 is 2.95 bits per heavy atom. The van der Waals surface area contributed by atoms with Crippen molar-refractivity contribution in [1.82, 2.24) is 0 Å². The first-order chi connectivity index (χ1) is 9.19. The lowest BCUT2D eigenvalue weighted by Gasteiger charge is -1.99. The van der Waals surface area contributed by atoms with E-state index in [0.717, 1.165) is 0 Å². The van der Waals surface area contributed by atoms with Gasteiger partial charge in [-0.15, -0.1) is 0 Å². The first-order valence-corrected chi connectivity index (χ1v) is 6.02. The molecule has 0 aliphatic rings. The molecule has 0 aliphatic carbocycles. The van der Waals surface area contributed by atoms with Crippen LogP contribution in [0.5, 0.6) is 0 Å². The first-order valence-electron chi connectivity index (χ1n) is 5.64. The van der Waals surface area contributed by atoms with Crippen molar-refractivity contribution in [2.75, 3.05) is 0 Å². The molecule has 96 valence electrons. The molecule has 19 heavy (non-hydrogen) atoms. The second-order valence-corrected chi connectivity index (χ2v) is 4.42. The second kappa shape index (κ2) is 6.11. The predicted octanol–water partition coefficient (Wildman–Crippen LogP) is 2.32. The van der Waals surface area contributed by atoms with Crippen molar-refractivity contribution < 1.29 is 14.6 Å². The Hall–Kier alpha value is -2.20. The van der Waals surface area contributed by atoms with Crippen molar-refractivity contribution in [2.45, 2.75) is 6.54 Å². The molecular formula is C14H12ClN2O2+. The molecule has 0 atom stereocenters. The minimum Gasteiger partial charge on any atom is -0.411 e. The molecule has 2 rings (SSSR count). The number of Topliss-reactive ketones (excluding diaryl/α,β-unsaturated/α-hetero) is 1. The summed E-state index contributed by atoms with van der Waals surface area (Å²) in [6, 6.07) is 10.4. The Labute approximate surface area is 115 Å². The lowest BCUT2D eigenvalue weighted by Crippen LogP contribution is -2.37. The van der Waals surface area contributed by atoms with Crippen molar-refractivity contribution >= 4 is 23.6 Å². The molecule has 4 nitrogen and oxygen atoms in total. The van der Waals surface area contributed by atoms with Crippen LogP contribution in [0.2, 0.25) is 5.02 Å². The van der Waals surface area contributed by atoms with Crippen LogP contribution in [0.4, 0.5) is 0 Å². The summed E-state index contributed by atoms with van der Waals surface area (Å²) in [5.74, 6) is -0.0365. The summed E-state index contributed by atoms with van der Waals surface area (Å²) in [7, 11) is 0. The fraction of sp³-hybridized carbons (Fsp3) is 0.0714. The number of ketones is 1. The molecule has 1 aromatic heterocycles. The van der Waals surface area contributed by atoms with E-state index in [1.165, 1.54) is 6.21 Å². The van der Waals surface area contributed by atoms with Gasteiger partial charge in [-0.3, -0.25) is 4.79 Å². The van der Waals surface area contributed by atoms with Crippen LogP contribution in [0, 0.1) is 0 Å². The number of carbonyl (C=O) groups is 1. The zero-order valence-corrected chi connectivity index (χ0v) is 10.8. The minimum atomic E-state index is -0.0365. The van der Waals surface area contributed by atoms with E-state index in [0.29, 0.717) is 16.1 Å². The van der Waals surface area contributed by atoms with E-state index >= 15 is 0 Å². The Morgan fingerprint density at radius 1 is 1.37 bits per heavy atom. The topological polar surface area (TPSA) is 53.5 Å². The number of pyridine rings is 1. The molecule has 1 N–H and O–H groups in total. The fourth-order valence-corrected chi connectivity index (χ4v) is 1.89. The summed E-state index contributed by atoms with van der Waals surface area (Å²) in [6.07, 6.45) is 4.81. The average molecular weight is 276 g/mol. The molecular weight excluding hydrogens is 264 g/mol. The van der Waals surface area contributed by atoms with Gasteiger partial charge < -0.3 is 5.21 Å². The van der Waals surface area contributed by atoms with Crippen LogP contribution in [0.1, 0.15) is 15.9 Å². The van der Waals surface area contributed by atoms with Crippen LogP contribution < -0.4 is 4.57 Å². The lowest BCUT2D eigenvalue weighted by molar-refractivity contribution is -0.683. The number of hydrogen-bond acceptors (Lipinski definition) is 3. The number of carbonyl (C=O) groups excluding carboxylic acids is 1. The van der Waals surface area contributed by atoms with E-state index < -0.39 is 0 Å². The molecule has 0 bridgehead atoms. The molecule has 0 unspecified atom stereocenters. The Kier molecular flexibility index (Phi) is 4.26. The number of aromatic nitrogens is 1. The maximum atomic E-state index is 12.1. The van der Waals surface area contributed by atoms with Gasteiger partial charge in [0.25, 0.3) is 0 Å². The number of halogens is 1. The van der Waals surface area contributed by atoms with Crippen molar-refractivity contribution in [3.05, 3.63) is 64.9 Å². The fourth-order valence-electron chi connectivity index (χ4n) is 1.70. The highest BCUT2D eigenvalue weighted by Gasteiger charge is 2.12. The molecule has 0 radical (unpaired) electrons. The number of oxime groups is 1. The summed E-state index contributed by atoms with van der Waals surface area (Å²) < 4.78 is 1.72. The number of hydrogen-bond donors (Lipinski definition) is 1. The lowest BCUT2D eigenvalue weighted by atomic mass is 10.1. The number of benzene rings is 1. The summed E-state index contributed by atoms with van der Waals surface area (Å²) in [6.45, 7) is 0.202. The SMILES string of the molecule is O=C(C[n+]1cccc(C=NO)c1)c1cccc(Cl)c1. The van der Waals surface area contributed by atoms with Gasteiger partial charge in [0, 0.05) is 16.7 Å². The third kappa shape index (κ3) is 3.63. The molecule has 1 aromatic carbocycles. The monoisotopic (exact) mass is 275 g/mol. The van der Waals surface area contributed by atoms with E-state index in [-0.39, 0.29) is 12.3 Å². The van der Waals surface area contributed by atoms with Crippen LogP contribution in [-0.4, -0.2) is 17.2 Å². The second-order valence-electron chi connectivity index (χ2n) is 3.99. The van der Waals surface area contributed by atoms with E-state index in [4.69, 9.17) is 16.8 Å². The van der Waals surface area contributed by atoms with Crippen LogP contribution >= 0.6 is 11.6 Å². The van der Waals surface area contributed by atoms with Crippen LogP contribution in [0.3, 0.4) is 0 Å². The first kappa shape index (κ1) is 13.2. The summed E-state index contributed by atoms with van der Waals surface area (Å²) in [5.41, 5.74) is 1.28. The van der Waals surface area contributed by atoms with Gasteiger partial charge in [-0.2, -0.15) is 4.57 Å². The van der Waals surface area contributed by atoms with Crippen LogP contribution in [-0.2, 0) is 6.54 Å². The molecule has 5 heteroatoms. The average Bonchev–Trinajstić information content (AvgIpc) is 2.39. The van der Waals surface area contributed by atoms with Crippen LogP contribution in [0.25, 0.3) is 0 Å². The summed E-state index contributed by atoms with van der Waals surface area (Å²) >= 11 is 5.85. The molecule has 0 aliphatic heterocycles. The minimum absolute atomic E-state index is 0.0365. The smallest absolute Gasteiger partial charge is 0.227 e. The van der Waals surface area contributed by atoms with Gasteiger partial charge in [0.2, 0.25) is 12.3 Å². The number of rotatable bonds is 4. The Bertz CT molecular complexity index is 626. The highest BCUT2D eigenvalue weighted by molar-refractivity contribution is 6.30. The van der Waals surface area contributed by atoms with Crippen molar-refractivity contribution in [3.8, 4) is 0 Å². The van der Waals surface area contributed by atoms with Crippen molar-refractivity contribution in [1.29, 1.82) is 0 Å². The zero-order valence-electron chi connectivity index (χ0n) is 10.0. The normalized spacial score (nSPS) is 10.8. The molecule has 0 saturated carbocycles. The Morgan fingerprint density at radius 2 is 2.21 bits per heavy atom. The molecule has 0 amide bonds. The van der Waals surface area contributed by atoms with Gasteiger partial charge in [-0.1, -0.05) is 28.9 Å². The highest BCUT2D eigenvalue weighted by atomic mass is 35.5. The van der Waals surface area contributed by atoms with Crippen LogP contribution in [0.15, 0.2) is 53.9 Å². The van der Waals surface area contributed by atoms with E-state index in [2.05, 4.69) is 5.16 Å². The maximum absolute atomic E-state index is 12.1. The van der Waals surface area contributed by atoms with Gasteiger partial charge in [0.15, 0.2) is 12.4 Å². The standard InChI is InChI=1S/C14H11ClN2O2/c15-13-5-1-4-12(7-13)14(18)10-17-6-2-3-11(9-17)8-16-19/h1-9H,10H2/p+1. The third-order valence-corrected chi connectivity index (χ3v) is 2.80. The van der Waals surface area contributed by atoms with Crippen molar-refractivity contribution in [2.24, 2.45) is 5.16 Å². The highest BCUT2D eigenvalue weighted by Crippen LogP contribution is 2.11. The predicted molar refractivity (Wildman–Crippen MR) is 71.8 cm³/mol. The molecule has 2 aromatic rings. The summed E-state index contributed by atoms with van der Waals surface area (Å²) in [5, 5.41) is 12.0. The van der Waals surface area contributed by atoms with E-state index in [1.54, 1.807) is 53.4 Å². The molecule has 0 spiro atoms. The molecule has 0 fully saturated rings. The van der Waals surface area contributed by atoms with Gasteiger partial charge >= 0.3 is 0 Å². The van der Waals surface area contributed by atoms with Gasteiger partial charge in [-0.05, 0) is 18.2 Å². The quantitative estimate of drug-likeness (QED) is 0.306. The zero-order chi connectivity index (χ0) is 13.7. The number of nitrogens with zero attached hydrogens (tertiary/aromatic N) is 2. The molecule has 0 saturated heterocycles.